The zero-order valence-corrected chi connectivity index (χ0v) is 14.5. The van der Waals surface area contributed by atoms with Crippen molar-refractivity contribution in [1.82, 2.24) is 19.5 Å². The lowest BCUT2D eigenvalue weighted by Gasteiger charge is -2.17. The van der Waals surface area contributed by atoms with E-state index in [0.717, 1.165) is 0 Å². The highest BCUT2D eigenvalue weighted by atomic mass is 19.1. The van der Waals surface area contributed by atoms with E-state index in [9.17, 15) is 9.65 Å². The predicted octanol–water partition coefficient (Wildman–Crippen LogP) is 4.00. The van der Waals surface area contributed by atoms with Gasteiger partial charge >= 0.3 is 0 Å². The number of rotatable bonds is 4. The Labute approximate surface area is 155 Å². The van der Waals surface area contributed by atoms with Crippen LogP contribution in [0.4, 0.5) is 10.1 Å². The third-order valence-electron chi connectivity index (χ3n) is 4.22. The first-order valence-electron chi connectivity index (χ1n) is 8.37. The van der Waals surface area contributed by atoms with Crippen molar-refractivity contribution in [3.63, 3.8) is 0 Å². The molecule has 0 saturated heterocycles. The Morgan fingerprint density at radius 3 is 2.85 bits per heavy atom. The standard InChI is InChI=1S/C20H15FN6/c1-13(25-16-7-9-23-12-14(16)11-22)20-26-17-6-5-15(21)10-18(17)27(20)19-4-2-3-8-24-19/h2-10,12-13H,1H3,(H,23,25). The summed E-state index contributed by atoms with van der Waals surface area (Å²) in [6.45, 7) is 1.93. The zero-order chi connectivity index (χ0) is 18.8. The van der Waals surface area contributed by atoms with E-state index in [-0.39, 0.29) is 11.9 Å². The molecule has 4 aromatic rings. The molecular formula is C20H15FN6. The fourth-order valence-electron chi connectivity index (χ4n) is 2.99. The number of nitrogens with zero attached hydrogens (tertiary/aromatic N) is 5. The minimum atomic E-state index is -0.340. The molecule has 132 valence electrons. The molecule has 6 nitrogen and oxygen atoms in total. The molecule has 0 saturated carbocycles. The average molecular weight is 358 g/mol. The lowest BCUT2D eigenvalue weighted by atomic mass is 10.2. The van der Waals surface area contributed by atoms with Crippen LogP contribution >= 0.6 is 0 Å². The number of nitrogens with one attached hydrogen (secondary N) is 1. The summed E-state index contributed by atoms with van der Waals surface area (Å²) in [5.74, 6) is 0.965. The number of halogens is 1. The molecule has 1 unspecified atom stereocenters. The summed E-state index contributed by atoms with van der Waals surface area (Å²) in [6.07, 6.45) is 4.80. The second-order valence-electron chi connectivity index (χ2n) is 6.03. The molecule has 3 aromatic heterocycles. The molecule has 0 aliphatic heterocycles. The number of nitriles is 1. The lowest BCUT2D eigenvalue weighted by molar-refractivity contribution is 0.629. The first-order valence-corrected chi connectivity index (χ1v) is 8.37. The summed E-state index contributed by atoms with van der Waals surface area (Å²) in [6, 6.07) is 13.6. The first kappa shape index (κ1) is 16.7. The Balaban J connectivity index is 1.85. The van der Waals surface area contributed by atoms with Gasteiger partial charge in [-0.2, -0.15) is 5.26 Å². The number of imidazole rings is 1. The van der Waals surface area contributed by atoms with Crippen LogP contribution in [0.15, 0.2) is 61.1 Å². The maximum atomic E-state index is 13.9. The molecule has 0 aliphatic carbocycles. The van der Waals surface area contributed by atoms with Crippen LogP contribution in [0.2, 0.25) is 0 Å². The Hall–Kier alpha value is -3.79. The van der Waals surface area contributed by atoms with Crippen LogP contribution in [0.5, 0.6) is 0 Å². The zero-order valence-electron chi connectivity index (χ0n) is 14.5. The minimum absolute atomic E-state index is 0.267. The Morgan fingerprint density at radius 1 is 1.19 bits per heavy atom. The van der Waals surface area contributed by atoms with Crippen LogP contribution < -0.4 is 5.32 Å². The molecule has 4 rings (SSSR count). The topological polar surface area (TPSA) is 79.4 Å². The fraction of sp³-hybridized carbons (Fsp3) is 0.100. The van der Waals surface area contributed by atoms with E-state index in [0.29, 0.717) is 33.9 Å². The summed E-state index contributed by atoms with van der Waals surface area (Å²) in [4.78, 5) is 13.0. The van der Waals surface area contributed by atoms with Gasteiger partial charge in [-0.25, -0.2) is 14.4 Å². The monoisotopic (exact) mass is 358 g/mol. The number of hydrogen-bond donors (Lipinski definition) is 1. The van der Waals surface area contributed by atoms with E-state index < -0.39 is 0 Å². The van der Waals surface area contributed by atoms with Gasteiger partial charge in [0.2, 0.25) is 0 Å². The molecule has 0 amide bonds. The van der Waals surface area contributed by atoms with Crippen molar-refractivity contribution < 1.29 is 4.39 Å². The van der Waals surface area contributed by atoms with Crippen LogP contribution in [0.25, 0.3) is 16.9 Å². The maximum absolute atomic E-state index is 13.9. The van der Waals surface area contributed by atoms with Crippen molar-refractivity contribution in [1.29, 1.82) is 5.26 Å². The van der Waals surface area contributed by atoms with Gasteiger partial charge in [-0.05, 0) is 37.3 Å². The van der Waals surface area contributed by atoms with Crippen LogP contribution in [0.1, 0.15) is 24.4 Å². The summed E-state index contributed by atoms with van der Waals surface area (Å²) in [7, 11) is 0. The fourth-order valence-corrected chi connectivity index (χ4v) is 2.99. The number of aromatic nitrogens is 4. The Bertz CT molecular complexity index is 1150. The van der Waals surface area contributed by atoms with Crippen molar-refractivity contribution in [3.8, 4) is 11.9 Å². The summed E-state index contributed by atoms with van der Waals surface area (Å²) >= 11 is 0. The maximum Gasteiger partial charge on any atom is 0.138 e. The normalized spacial score (nSPS) is 11.9. The van der Waals surface area contributed by atoms with Gasteiger partial charge < -0.3 is 5.32 Å². The SMILES string of the molecule is CC(Nc1ccncc1C#N)c1nc2ccc(F)cc2n1-c1ccccn1. The van der Waals surface area contributed by atoms with Gasteiger partial charge in [0.1, 0.15) is 23.5 Å². The molecule has 0 radical (unpaired) electrons. The molecule has 3 heterocycles. The summed E-state index contributed by atoms with van der Waals surface area (Å²) < 4.78 is 15.7. The van der Waals surface area contributed by atoms with Crippen molar-refractivity contribution in [2.45, 2.75) is 13.0 Å². The number of pyridine rings is 2. The number of anilines is 1. The number of hydrogen-bond acceptors (Lipinski definition) is 5. The second-order valence-corrected chi connectivity index (χ2v) is 6.03. The molecular weight excluding hydrogens is 343 g/mol. The van der Waals surface area contributed by atoms with Crippen LogP contribution in [0.3, 0.4) is 0 Å². The smallest absolute Gasteiger partial charge is 0.138 e. The van der Waals surface area contributed by atoms with Crippen LogP contribution in [-0.2, 0) is 0 Å². The molecule has 1 atom stereocenters. The molecule has 0 spiro atoms. The van der Waals surface area contributed by atoms with E-state index in [1.807, 2.05) is 29.7 Å². The summed E-state index contributed by atoms with van der Waals surface area (Å²) in [5, 5.41) is 12.6. The number of fused-ring (bicyclic) bond motifs is 1. The third kappa shape index (κ3) is 3.09. The molecule has 27 heavy (non-hydrogen) atoms. The molecule has 0 bridgehead atoms. The number of benzene rings is 1. The van der Waals surface area contributed by atoms with Crippen LogP contribution in [-0.4, -0.2) is 19.5 Å². The van der Waals surface area contributed by atoms with Crippen molar-refractivity contribution in [2.75, 3.05) is 5.32 Å². The van der Waals surface area contributed by atoms with Gasteiger partial charge in [0, 0.05) is 24.7 Å². The second kappa shape index (κ2) is 6.84. The van der Waals surface area contributed by atoms with E-state index in [1.165, 1.54) is 18.3 Å². The average Bonchev–Trinajstić information content (AvgIpc) is 3.08. The highest BCUT2D eigenvalue weighted by Crippen LogP contribution is 2.27. The van der Waals surface area contributed by atoms with E-state index in [1.54, 1.807) is 24.5 Å². The molecule has 0 fully saturated rings. The lowest BCUT2D eigenvalue weighted by Crippen LogP contribution is -2.14. The predicted molar refractivity (Wildman–Crippen MR) is 99.8 cm³/mol. The molecule has 1 N–H and O–H groups in total. The first-order chi connectivity index (χ1) is 13.2. The third-order valence-corrected chi connectivity index (χ3v) is 4.22. The summed E-state index contributed by atoms with van der Waals surface area (Å²) in [5.41, 5.74) is 2.40. The van der Waals surface area contributed by atoms with Crippen molar-refractivity contribution >= 4 is 16.7 Å². The highest BCUT2D eigenvalue weighted by molar-refractivity contribution is 5.78. The van der Waals surface area contributed by atoms with Gasteiger partial charge in [0.15, 0.2) is 0 Å². The van der Waals surface area contributed by atoms with Gasteiger partial charge in [-0.1, -0.05) is 6.07 Å². The van der Waals surface area contributed by atoms with E-state index >= 15 is 0 Å². The van der Waals surface area contributed by atoms with Gasteiger partial charge in [0.05, 0.1) is 28.3 Å². The minimum Gasteiger partial charge on any atom is -0.374 e. The largest absolute Gasteiger partial charge is 0.374 e. The van der Waals surface area contributed by atoms with E-state index in [2.05, 4.69) is 26.3 Å². The van der Waals surface area contributed by atoms with Crippen LogP contribution in [0, 0.1) is 17.1 Å². The van der Waals surface area contributed by atoms with Gasteiger partial charge in [-0.3, -0.25) is 9.55 Å². The quantitative estimate of drug-likeness (QED) is 0.596. The van der Waals surface area contributed by atoms with E-state index in [4.69, 9.17) is 0 Å². The Morgan fingerprint density at radius 2 is 2.07 bits per heavy atom. The highest BCUT2D eigenvalue weighted by Gasteiger charge is 2.20. The molecule has 7 heteroatoms. The Kier molecular flexibility index (Phi) is 4.22. The van der Waals surface area contributed by atoms with Crippen molar-refractivity contribution in [3.05, 3.63) is 78.3 Å². The molecule has 1 aromatic carbocycles. The van der Waals surface area contributed by atoms with Crippen molar-refractivity contribution in [2.24, 2.45) is 0 Å². The molecule has 0 aliphatic rings. The van der Waals surface area contributed by atoms with Gasteiger partial charge in [-0.15, -0.1) is 0 Å². The van der Waals surface area contributed by atoms with Gasteiger partial charge in [0.25, 0.3) is 0 Å².